The van der Waals surface area contributed by atoms with Gasteiger partial charge in [-0.2, -0.15) is 0 Å². The summed E-state index contributed by atoms with van der Waals surface area (Å²) >= 11 is 0. The molecule has 0 bridgehead atoms. The van der Waals surface area contributed by atoms with Crippen LogP contribution in [0, 0.1) is 5.82 Å². The fourth-order valence-electron chi connectivity index (χ4n) is 2.60. The summed E-state index contributed by atoms with van der Waals surface area (Å²) in [5.41, 5.74) is 1.30. The molecule has 1 aliphatic heterocycles. The highest BCUT2D eigenvalue weighted by molar-refractivity contribution is 5.39. The highest BCUT2D eigenvalue weighted by Gasteiger charge is 2.14. The second-order valence-electron chi connectivity index (χ2n) is 5.51. The maximum Gasteiger partial charge on any atom is 0.131 e. The number of aliphatic hydroxyl groups excluding tert-OH is 1. The molecule has 1 saturated heterocycles. The topological polar surface area (TPSA) is 41.9 Å². The molecule has 0 unspecified atom stereocenters. The molecule has 3 rings (SSSR count). The standard InChI is InChI=1S/C18H20FNO3/c19-17-6-5-16(11-15(17)13-21)23-18-4-2-1-3-14(18)12-20-7-9-22-10-8-20/h1-6,11,21H,7-10,12-13H2. The van der Waals surface area contributed by atoms with Crippen LogP contribution in [0.15, 0.2) is 42.5 Å². The number of hydrogen-bond acceptors (Lipinski definition) is 4. The molecule has 0 aliphatic carbocycles. The first-order valence-corrected chi connectivity index (χ1v) is 7.71. The number of benzene rings is 2. The Bertz CT molecular complexity index is 656. The van der Waals surface area contributed by atoms with E-state index >= 15 is 0 Å². The minimum absolute atomic E-state index is 0.230. The number of rotatable bonds is 5. The third kappa shape index (κ3) is 4.07. The third-order valence-electron chi connectivity index (χ3n) is 3.89. The number of nitrogens with zero attached hydrogens (tertiary/aromatic N) is 1. The van der Waals surface area contributed by atoms with Crippen LogP contribution in [-0.4, -0.2) is 36.3 Å². The summed E-state index contributed by atoms with van der Waals surface area (Å²) in [7, 11) is 0. The van der Waals surface area contributed by atoms with E-state index in [1.165, 1.54) is 12.1 Å². The van der Waals surface area contributed by atoms with E-state index < -0.39 is 5.82 Å². The zero-order chi connectivity index (χ0) is 16.1. The summed E-state index contributed by atoms with van der Waals surface area (Å²) in [5, 5.41) is 9.17. The molecule has 0 aromatic heterocycles. The molecule has 122 valence electrons. The van der Waals surface area contributed by atoms with Gasteiger partial charge in [0.15, 0.2) is 0 Å². The van der Waals surface area contributed by atoms with Crippen LogP contribution in [0.2, 0.25) is 0 Å². The number of hydrogen-bond donors (Lipinski definition) is 1. The van der Waals surface area contributed by atoms with E-state index in [2.05, 4.69) is 4.90 Å². The molecule has 0 atom stereocenters. The minimum atomic E-state index is -0.429. The van der Waals surface area contributed by atoms with Gasteiger partial charge in [-0.3, -0.25) is 4.90 Å². The van der Waals surface area contributed by atoms with Gasteiger partial charge in [-0.25, -0.2) is 4.39 Å². The lowest BCUT2D eigenvalue weighted by molar-refractivity contribution is 0.0339. The average molecular weight is 317 g/mol. The van der Waals surface area contributed by atoms with E-state index in [-0.39, 0.29) is 12.2 Å². The second-order valence-corrected chi connectivity index (χ2v) is 5.51. The molecule has 2 aromatic rings. The van der Waals surface area contributed by atoms with E-state index in [4.69, 9.17) is 14.6 Å². The molecule has 0 amide bonds. The van der Waals surface area contributed by atoms with Gasteiger partial charge in [0, 0.05) is 30.8 Å². The Morgan fingerprint density at radius 2 is 1.87 bits per heavy atom. The Balaban J connectivity index is 1.77. The van der Waals surface area contributed by atoms with Gasteiger partial charge >= 0.3 is 0 Å². The van der Waals surface area contributed by atoms with Crippen molar-refractivity contribution in [1.29, 1.82) is 0 Å². The number of morpholine rings is 1. The summed E-state index contributed by atoms with van der Waals surface area (Å²) in [5.74, 6) is 0.834. The lowest BCUT2D eigenvalue weighted by atomic mass is 10.1. The highest BCUT2D eigenvalue weighted by atomic mass is 19.1. The van der Waals surface area contributed by atoms with Crippen molar-refractivity contribution in [2.45, 2.75) is 13.2 Å². The summed E-state index contributed by atoms with van der Waals surface area (Å²) < 4.78 is 24.7. The zero-order valence-electron chi connectivity index (χ0n) is 12.9. The molecule has 5 heteroatoms. The Labute approximate surface area is 135 Å². The smallest absolute Gasteiger partial charge is 0.131 e. The van der Waals surface area contributed by atoms with Crippen LogP contribution in [-0.2, 0) is 17.9 Å². The van der Waals surface area contributed by atoms with Crippen LogP contribution in [0.25, 0.3) is 0 Å². The normalized spacial score (nSPS) is 15.6. The number of ether oxygens (including phenoxy) is 2. The van der Waals surface area contributed by atoms with Crippen molar-refractivity contribution in [3.63, 3.8) is 0 Å². The van der Waals surface area contributed by atoms with Crippen molar-refractivity contribution in [2.24, 2.45) is 0 Å². The van der Waals surface area contributed by atoms with Crippen molar-refractivity contribution < 1.29 is 19.0 Å². The second kappa shape index (κ2) is 7.55. The lowest BCUT2D eigenvalue weighted by Crippen LogP contribution is -2.35. The number of aliphatic hydroxyl groups is 1. The first kappa shape index (κ1) is 15.9. The van der Waals surface area contributed by atoms with Crippen molar-refractivity contribution in [2.75, 3.05) is 26.3 Å². The van der Waals surface area contributed by atoms with Gasteiger partial charge in [-0.1, -0.05) is 18.2 Å². The van der Waals surface area contributed by atoms with Crippen molar-refractivity contribution in [3.05, 3.63) is 59.4 Å². The first-order valence-electron chi connectivity index (χ1n) is 7.71. The highest BCUT2D eigenvalue weighted by Crippen LogP contribution is 2.28. The van der Waals surface area contributed by atoms with Gasteiger partial charge in [0.2, 0.25) is 0 Å². The first-order chi connectivity index (χ1) is 11.3. The molecule has 0 saturated carbocycles. The maximum atomic E-state index is 13.5. The van der Waals surface area contributed by atoms with Crippen molar-refractivity contribution in [1.82, 2.24) is 4.90 Å². The summed E-state index contributed by atoms with van der Waals surface area (Å²) in [6.07, 6.45) is 0. The average Bonchev–Trinajstić information content (AvgIpc) is 2.59. The van der Waals surface area contributed by atoms with E-state index in [0.29, 0.717) is 5.75 Å². The molecule has 23 heavy (non-hydrogen) atoms. The fourth-order valence-corrected chi connectivity index (χ4v) is 2.60. The van der Waals surface area contributed by atoms with Gasteiger partial charge in [0.05, 0.1) is 19.8 Å². The van der Waals surface area contributed by atoms with Crippen LogP contribution >= 0.6 is 0 Å². The Morgan fingerprint density at radius 1 is 1.09 bits per heavy atom. The third-order valence-corrected chi connectivity index (χ3v) is 3.89. The van der Waals surface area contributed by atoms with Crippen molar-refractivity contribution in [3.8, 4) is 11.5 Å². The molecule has 1 fully saturated rings. The molecular formula is C18H20FNO3. The Morgan fingerprint density at radius 3 is 2.65 bits per heavy atom. The van der Waals surface area contributed by atoms with Crippen LogP contribution in [0.1, 0.15) is 11.1 Å². The summed E-state index contributed by atoms with van der Waals surface area (Å²) in [6, 6.07) is 12.2. The van der Waals surface area contributed by atoms with Gasteiger partial charge in [0.1, 0.15) is 17.3 Å². The van der Waals surface area contributed by atoms with Crippen LogP contribution in [0.4, 0.5) is 4.39 Å². The number of halogens is 1. The molecule has 0 radical (unpaired) electrons. The minimum Gasteiger partial charge on any atom is -0.457 e. The predicted molar refractivity (Wildman–Crippen MR) is 84.9 cm³/mol. The van der Waals surface area contributed by atoms with Crippen LogP contribution in [0.3, 0.4) is 0 Å². The Hall–Kier alpha value is -1.95. The molecular weight excluding hydrogens is 297 g/mol. The molecule has 2 aromatic carbocycles. The molecule has 1 heterocycles. The van der Waals surface area contributed by atoms with E-state index in [9.17, 15) is 4.39 Å². The van der Waals surface area contributed by atoms with Crippen LogP contribution < -0.4 is 4.74 Å². The number of para-hydroxylation sites is 1. The Kier molecular flexibility index (Phi) is 5.23. The van der Waals surface area contributed by atoms with Gasteiger partial charge in [-0.05, 0) is 24.3 Å². The monoisotopic (exact) mass is 317 g/mol. The largest absolute Gasteiger partial charge is 0.457 e. The van der Waals surface area contributed by atoms with Gasteiger partial charge in [-0.15, -0.1) is 0 Å². The predicted octanol–water partition coefficient (Wildman–Crippen LogP) is 2.94. The zero-order valence-corrected chi connectivity index (χ0v) is 12.9. The van der Waals surface area contributed by atoms with E-state index in [0.717, 1.165) is 44.2 Å². The molecule has 1 N–H and O–H groups in total. The molecule has 0 spiro atoms. The van der Waals surface area contributed by atoms with E-state index in [1.807, 2.05) is 24.3 Å². The summed E-state index contributed by atoms with van der Waals surface area (Å²) in [4.78, 5) is 2.31. The van der Waals surface area contributed by atoms with Crippen LogP contribution in [0.5, 0.6) is 11.5 Å². The molecule has 1 aliphatic rings. The quantitative estimate of drug-likeness (QED) is 0.921. The lowest BCUT2D eigenvalue weighted by Gasteiger charge is -2.27. The fraction of sp³-hybridized carbons (Fsp3) is 0.333. The van der Waals surface area contributed by atoms with E-state index in [1.54, 1.807) is 6.07 Å². The van der Waals surface area contributed by atoms with Crippen molar-refractivity contribution >= 4 is 0 Å². The summed E-state index contributed by atoms with van der Waals surface area (Å²) in [6.45, 7) is 3.74. The SMILES string of the molecule is OCc1cc(Oc2ccccc2CN2CCOCC2)ccc1F. The van der Waals surface area contributed by atoms with Gasteiger partial charge < -0.3 is 14.6 Å². The van der Waals surface area contributed by atoms with Gasteiger partial charge in [0.25, 0.3) is 0 Å². The maximum absolute atomic E-state index is 13.5. The molecule has 4 nitrogen and oxygen atoms in total.